The number of aliphatic hydroxyl groups excluding tert-OH is 1. The van der Waals surface area contributed by atoms with Crippen LogP contribution < -0.4 is 10.6 Å². The first-order chi connectivity index (χ1) is 17.0. The predicted octanol–water partition coefficient (Wildman–Crippen LogP) is 2.96. The number of fused-ring (bicyclic) bond motifs is 1. The molecule has 0 aromatic heterocycles. The molecule has 3 fully saturated rings. The van der Waals surface area contributed by atoms with Gasteiger partial charge in [0.1, 0.15) is 11.6 Å². The first-order valence-corrected chi connectivity index (χ1v) is 13.3. The minimum Gasteiger partial charge on any atom is -0.394 e. The summed E-state index contributed by atoms with van der Waals surface area (Å²) in [4.78, 5) is 43.4. The Morgan fingerprint density at radius 3 is 2.44 bits per heavy atom. The number of carbonyl (C=O) groups excluding carboxylic acids is 3. The Morgan fingerprint density at radius 2 is 1.86 bits per heavy atom. The number of likely N-dealkylation sites (tertiary alicyclic amines) is 1. The summed E-state index contributed by atoms with van der Waals surface area (Å²) in [5.74, 6) is -2.51. The number of carbonyl (C=O) groups is 3. The second-order valence-corrected chi connectivity index (χ2v) is 11.5. The van der Waals surface area contributed by atoms with E-state index >= 15 is 0 Å². The van der Waals surface area contributed by atoms with Crippen molar-refractivity contribution in [1.82, 2.24) is 10.2 Å². The van der Waals surface area contributed by atoms with Crippen molar-refractivity contribution in [2.24, 2.45) is 23.7 Å². The van der Waals surface area contributed by atoms with E-state index < -0.39 is 35.1 Å². The van der Waals surface area contributed by atoms with Crippen molar-refractivity contribution >= 4 is 23.4 Å². The molecular weight excluding hydrogens is 458 g/mol. The molecule has 0 saturated carbocycles. The molecule has 0 aliphatic carbocycles. The zero-order valence-corrected chi connectivity index (χ0v) is 22.3. The standard InChI is InChI=1S/C28H41N3O5/c1-7-11-18(5)29-25(34)23-28-14-17(4)27(6,36-28)21(24(33)30-19-12-9-8-10-13-19)22(28)26(35)31(23)20(15-32)16(2)3/h8-10,12-13,16-18,20-23,32H,7,11,14-15H2,1-6H3,(H,29,34)(H,30,33)/t17?,18?,20-,21-,22-,23?,27+,28?/m0/s1. The van der Waals surface area contributed by atoms with E-state index in [2.05, 4.69) is 17.6 Å². The Hall–Kier alpha value is -2.45. The van der Waals surface area contributed by atoms with E-state index in [4.69, 9.17) is 4.74 Å². The number of aliphatic hydroxyl groups is 1. The van der Waals surface area contributed by atoms with Crippen LogP contribution in [0.1, 0.15) is 60.8 Å². The molecule has 8 heteroatoms. The van der Waals surface area contributed by atoms with Gasteiger partial charge in [0, 0.05) is 11.7 Å². The largest absolute Gasteiger partial charge is 0.394 e. The van der Waals surface area contributed by atoms with Gasteiger partial charge in [0.2, 0.25) is 17.7 Å². The van der Waals surface area contributed by atoms with Crippen molar-refractivity contribution in [3.8, 4) is 0 Å². The molecule has 3 aliphatic rings. The topological polar surface area (TPSA) is 108 Å². The van der Waals surface area contributed by atoms with E-state index in [0.717, 1.165) is 12.8 Å². The highest BCUT2D eigenvalue weighted by molar-refractivity contribution is 6.02. The van der Waals surface area contributed by atoms with Crippen molar-refractivity contribution in [3.05, 3.63) is 30.3 Å². The Bertz CT molecular complexity index is 1000. The van der Waals surface area contributed by atoms with Gasteiger partial charge in [0.15, 0.2) is 0 Å². The van der Waals surface area contributed by atoms with Crippen molar-refractivity contribution < 1.29 is 24.2 Å². The molecule has 1 aromatic carbocycles. The van der Waals surface area contributed by atoms with Gasteiger partial charge in [-0.15, -0.1) is 0 Å². The lowest BCUT2D eigenvalue weighted by molar-refractivity contribution is -0.151. The number of amides is 3. The molecular formula is C28H41N3O5. The maximum absolute atomic E-state index is 14.2. The van der Waals surface area contributed by atoms with E-state index in [1.54, 1.807) is 4.90 Å². The van der Waals surface area contributed by atoms with E-state index in [9.17, 15) is 19.5 Å². The molecule has 3 N–H and O–H groups in total. The van der Waals surface area contributed by atoms with E-state index in [0.29, 0.717) is 12.1 Å². The minimum atomic E-state index is -1.12. The molecule has 1 spiro atoms. The molecule has 198 valence electrons. The summed E-state index contributed by atoms with van der Waals surface area (Å²) in [6.07, 6.45) is 2.23. The number of nitrogens with one attached hydrogen (secondary N) is 2. The smallest absolute Gasteiger partial charge is 0.246 e. The van der Waals surface area contributed by atoms with Crippen molar-refractivity contribution in [2.75, 3.05) is 11.9 Å². The highest BCUT2D eigenvalue weighted by atomic mass is 16.5. The first kappa shape index (κ1) is 26.6. The molecule has 4 rings (SSSR count). The second kappa shape index (κ2) is 9.78. The van der Waals surface area contributed by atoms with Crippen molar-refractivity contribution in [2.45, 2.75) is 90.1 Å². The van der Waals surface area contributed by atoms with Crippen molar-refractivity contribution in [3.63, 3.8) is 0 Å². The Balaban J connectivity index is 1.78. The van der Waals surface area contributed by atoms with Gasteiger partial charge in [-0.25, -0.2) is 0 Å². The van der Waals surface area contributed by atoms with Crippen LogP contribution in [0.3, 0.4) is 0 Å². The third-order valence-corrected chi connectivity index (χ3v) is 8.75. The van der Waals surface area contributed by atoms with E-state index in [-0.39, 0.29) is 42.2 Å². The molecule has 3 heterocycles. The van der Waals surface area contributed by atoms with Crippen LogP contribution in [0.2, 0.25) is 0 Å². The van der Waals surface area contributed by atoms with Crippen LogP contribution in [0, 0.1) is 23.7 Å². The van der Waals surface area contributed by atoms with Gasteiger partial charge in [-0.3, -0.25) is 14.4 Å². The fourth-order valence-electron chi connectivity index (χ4n) is 6.92. The molecule has 3 amide bonds. The molecule has 1 aromatic rings. The molecule has 2 bridgehead atoms. The summed E-state index contributed by atoms with van der Waals surface area (Å²) in [6.45, 7) is 11.5. The van der Waals surface area contributed by atoms with Crippen LogP contribution in [0.4, 0.5) is 5.69 Å². The Labute approximate surface area is 214 Å². The number of nitrogens with zero attached hydrogens (tertiary/aromatic N) is 1. The molecule has 4 unspecified atom stereocenters. The number of anilines is 1. The molecule has 36 heavy (non-hydrogen) atoms. The Morgan fingerprint density at radius 1 is 1.19 bits per heavy atom. The minimum absolute atomic E-state index is 0.0389. The zero-order valence-electron chi connectivity index (χ0n) is 22.3. The quantitative estimate of drug-likeness (QED) is 0.484. The third kappa shape index (κ3) is 4.02. The summed E-state index contributed by atoms with van der Waals surface area (Å²) in [7, 11) is 0. The van der Waals surface area contributed by atoms with Crippen LogP contribution in [-0.2, 0) is 19.1 Å². The van der Waals surface area contributed by atoms with Gasteiger partial charge in [0.25, 0.3) is 0 Å². The van der Waals surface area contributed by atoms with Crippen molar-refractivity contribution in [1.29, 1.82) is 0 Å². The molecule has 8 nitrogen and oxygen atoms in total. The summed E-state index contributed by atoms with van der Waals surface area (Å²) in [6, 6.07) is 7.64. The van der Waals surface area contributed by atoms with Crippen LogP contribution in [-0.4, -0.2) is 63.7 Å². The van der Waals surface area contributed by atoms with E-state index in [1.165, 1.54) is 0 Å². The maximum atomic E-state index is 14.2. The summed E-state index contributed by atoms with van der Waals surface area (Å²) in [5.41, 5.74) is -1.36. The average molecular weight is 500 g/mol. The summed E-state index contributed by atoms with van der Waals surface area (Å²) in [5, 5.41) is 16.4. The van der Waals surface area contributed by atoms with Gasteiger partial charge in [-0.05, 0) is 50.7 Å². The number of para-hydroxylation sites is 1. The lowest BCUT2D eigenvalue weighted by Crippen LogP contribution is -2.60. The highest BCUT2D eigenvalue weighted by Gasteiger charge is 2.80. The fourth-order valence-corrected chi connectivity index (χ4v) is 6.92. The molecule has 0 radical (unpaired) electrons. The number of benzene rings is 1. The fraction of sp³-hybridized carbons (Fsp3) is 0.679. The average Bonchev–Trinajstić information content (AvgIpc) is 3.32. The maximum Gasteiger partial charge on any atom is 0.246 e. The van der Waals surface area contributed by atoms with Gasteiger partial charge in [0.05, 0.1) is 30.1 Å². The Kier molecular flexibility index (Phi) is 7.23. The van der Waals surface area contributed by atoms with Gasteiger partial charge < -0.3 is 25.4 Å². The van der Waals surface area contributed by atoms with Gasteiger partial charge >= 0.3 is 0 Å². The second-order valence-electron chi connectivity index (χ2n) is 11.5. The van der Waals surface area contributed by atoms with Gasteiger partial charge in [-0.1, -0.05) is 52.3 Å². The third-order valence-electron chi connectivity index (χ3n) is 8.75. The number of hydrogen-bond acceptors (Lipinski definition) is 5. The number of hydrogen-bond donors (Lipinski definition) is 3. The lowest BCUT2D eigenvalue weighted by atomic mass is 9.62. The molecule has 8 atom stereocenters. The van der Waals surface area contributed by atoms with Crippen LogP contribution >= 0.6 is 0 Å². The van der Waals surface area contributed by atoms with Crippen LogP contribution in [0.25, 0.3) is 0 Å². The highest BCUT2D eigenvalue weighted by Crippen LogP contribution is 2.65. The molecule has 3 saturated heterocycles. The summed E-state index contributed by atoms with van der Waals surface area (Å²) >= 11 is 0. The lowest BCUT2D eigenvalue weighted by Gasteiger charge is -2.39. The monoisotopic (exact) mass is 499 g/mol. The van der Waals surface area contributed by atoms with Crippen LogP contribution in [0.15, 0.2) is 30.3 Å². The number of rotatable bonds is 9. The number of ether oxygens (including phenoxy) is 1. The first-order valence-electron chi connectivity index (χ1n) is 13.3. The van der Waals surface area contributed by atoms with Gasteiger partial charge in [-0.2, -0.15) is 0 Å². The van der Waals surface area contributed by atoms with E-state index in [1.807, 2.05) is 65.0 Å². The zero-order chi connectivity index (χ0) is 26.4. The molecule has 3 aliphatic heterocycles. The normalized spacial score (nSPS) is 34.6. The summed E-state index contributed by atoms with van der Waals surface area (Å²) < 4.78 is 6.74. The SMILES string of the molecule is CCCC(C)NC(=O)C1N([C@@H](CO)C(C)C)C(=O)[C@@H]2[C@@H](C(=O)Nc3ccccc3)[C@]3(C)OC12CC3C. The predicted molar refractivity (Wildman–Crippen MR) is 137 cm³/mol. The van der Waals surface area contributed by atoms with Crippen LogP contribution in [0.5, 0.6) is 0 Å².